The van der Waals surface area contributed by atoms with Gasteiger partial charge in [-0.2, -0.15) is 13.2 Å². The van der Waals surface area contributed by atoms with Gasteiger partial charge in [0.2, 0.25) is 5.91 Å². The monoisotopic (exact) mass is 314 g/mol. The average molecular weight is 314 g/mol. The first-order valence-corrected chi connectivity index (χ1v) is 6.38. The highest BCUT2D eigenvalue weighted by Gasteiger charge is 2.34. The largest absolute Gasteiger partial charge is 0.469 e. The van der Waals surface area contributed by atoms with Gasteiger partial charge in [-0.25, -0.2) is 0 Å². The van der Waals surface area contributed by atoms with Crippen LogP contribution in [0.3, 0.4) is 0 Å². The van der Waals surface area contributed by atoms with Crippen LogP contribution in [-0.2, 0) is 19.1 Å². The zero-order valence-electron chi connectivity index (χ0n) is 12.1. The van der Waals surface area contributed by atoms with E-state index in [1.54, 1.807) is 0 Å². The molecule has 0 fully saturated rings. The van der Waals surface area contributed by atoms with Crippen molar-refractivity contribution in [1.29, 1.82) is 0 Å². The molecule has 0 radical (unpaired) electrons. The van der Waals surface area contributed by atoms with Gasteiger partial charge in [0, 0.05) is 20.3 Å². The fourth-order valence-electron chi connectivity index (χ4n) is 1.62. The summed E-state index contributed by atoms with van der Waals surface area (Å²) >= 11 is 0. The summed E-state index contributed by atoms with van der Waals surface area (Å²) in [5.41, 5.74) is 5.59. The Morgan fingerprint density at radius 2 is 1.90 bits per heavy atom. The molecule has 0 saturated carbocycles. The van der Waals surface area contributed by atoms with Crippen molar-refractivity contribution in [1.82, 2.24) is 4.90 Å². The number of carbonyl (C=O) groups excluding carboxylic acids is 2. The first-order valence-electron chi connectivity index (χ1n) is 6.38. The number of carbonyl (C=O) groups is 2. The lowest BCUT2D eigenvalue weighted by Gasteiger charge is -2.26. The lowest BCUT2D eigenvalue weighted by molar-refractivity contribution is -0.163. The predicted molar refractivity (Wildman–Crippen MR) is 68.4 cm³/mol. The number of ether oxygens (including phenoxy) is 2. The molecular formula is C12H21F3N2O4. The van der Waals surface area contributed by atoms with Crippen LogP contribution in [0, 0.1) is 0 Å². The maximum atomic E-state index is 12.5. The zero-order chi connectivity index (χ0) is 16.5. The third-order valence-electron chi connectivity index (χ3n) is 2.68. The molecule has 1 amide bonds. The average Bonchev–Trinajstić information content (AvgIpc) is 2.41. The number of nitrogens with zero attached hydrogens (tertiary/aromatic N) is 1. The molecule has 6 nitrogen and oxygen atoms in total. The van der Waals surface area contributed by atoms with Crippen molar-refractivity contribution in [3.05, 3.63) is 0 Å². The third-order valence-corrected chi connectivity index (χ3v) is 2.68. The Kier molecular flexibility index (Phi) is 8.95. The number of rotatable bonds is 9. The van der Waals surface area contributed by atoms with E-state index in [2.05, 4.69) is 4.74 Å². The maximum absolute atomic E-state index is 12.5. The SMILES string of the molecule is COCCCC(N)C(=O)N(CCC(=O)OC)CC(F)(F)F. The molecule has 21 heavy (non-hydrogen) atoms. The first-order chi connectivity index (χ1) is 9.71. The van der Waals surface area contributed by atoms with Crippen LogP contribution < -0.4 is 5.73 Å². The molecule has 0 aromatic carbocycles. The quantitative estimate of drug-likeness (QED) is 0.500. The van der Waals surface area contributed by atoms with E-state index in [0.29, 0.717) is 17.9 Å². The molecule has 0 spiro atoms. The van der Waals surface area contributed by atoms with E-state index in [9.17, 15) is 22.8 Å². The highest BCUT2D eigenvalue weighted by atomic mass is 19.4. The number of esters is 1. The van der Waals surface area contributed by atoms with Crippen LogP contribution in [0.4, 0.5) is 13.2 Å². The maximum Gasteiger partial charge on any atom is 0.406 e. The van der Waals surface area contributed by atoms with Crippen LogP contribution in [0.1, 0.15) is 19.3 Å². The van der Waals surface area contributed by atoms with E-state index in [1.807, 2.05) is 0 Å². The summed E-state index contributed by atoms with van der Waals surface area (Å²) in [5.74, 6) is -1.53. The van der Waals surface area contributed by atoms with Gasteiger partial charge in [-0.05, 0) is 12.8 Å². The van der Waals surface area contributed by atoms with Crippen molar-refractivity contribution < 1.29 is 32.2 Å². The number of nitrogens with two attached hydrogens (primary N) is 1. The molecule has 0 aliphatic carbocycles. The summed E-state index contributed by atoms with van der Waals surface area (Å²) in [5, 5.41) is 0. The second-order valence-corrected chi connectivity index (χ2v) is 4.44. The molecule has 124 valence electrons. The molecule has 0 bridgehead atoms. The van der Waals surface area contributed by atoms with Gasteiger partial charge in [0.15, 0.2) is 0 Å². The van der Waals surface area contributed by atoms with Crippen LogP contribution in [0.15, 0.2) is 0 Å². The van der Waals surface area contributed by atoms with Gasteiger partial charge in [0.25, 0.3) is 0 Å². The topological polar surface area (TPSA) is 81.9 Å². The Morgan fingerprint density at radius 3 is 2.38 bits per heavy atom. The molecule has 2 N–H and O–H groups in total. The van der Waals surface area contributed by atoms with Crippen molar-refractivity contribution in [3.8, 4) is 0 Å². The van der Waals surface area contributed by atoms with E-state index in [4.69, 9.17) is 10.5 Å². The van der Waals surface area contributed by atoms with Gasteiger partial charge < -0.3 is 20.1 Å². The number of methoxy groups -OCH3 is 2. The second-order valence-electron chi connectivity index (χ2n) is 4.44. The molecular weight excluding hydrogens is 293 g/mol. The number of amides is 1. The van der Waals surface area contributed by atoms with Crippen molar-refractivity contribution >= 4 is 11.9 Å². The molecule has 1 atom stereocenters. The van der Waals surface area contributed by atoms with Gasteiger partial charge in [-0.15, -0.1) is 0 Å². The summed E-state index contributed by atoms with van der Waals surface area (Å²) in [6.07, 6.45) is -4.21. The van der Waals surface area contributed by atoms with Crippen LogP contribution in [0.5, 0.6) is 0 Å². The van der Waals surface area contributed by atoms with Gasteiger partial charge >= 0.3 is 12.1 Å². The predicted octanol–water partition coefficient (Wildman–Crippen LogP) is 0.694. The Hall–Kier alpha value is -1.35. The molecule has 1 unspecified atom stereocenters. The summed E-state index contributed by atoms with van der Waals surface area (Å²) < 4.78 is 46.5. The van der Waals surface area contributed by atoms with Gasteiger partial charge in [0.05, 0.1) is 19.6 Å². The standard InChI is InChI=1S/C12H21F3N2O4/c1-20-7-3-4-9(16)11(19)17(8-12(13,14)15)6-5-10(18)21-2/h9H,3-8,16H2,1-2H3. The molecule has 0 aromatic heterocycles. The Balaban J connectivity index is 4.61. The smallest absolute Gasteiger partial charge is 0.406 e. The highest BCUT2D eigenvalue weighted by molar-refractivity contribution is 5.82. The normalized spacial score (nSPS) is 12.9. The van der Waals surface area contributed by atoms with Crippen LogP contribution in [0.2, 0.25) is 0 Å². The van der Waals surface area contributed by atoms with Crippen molar-refractivity contribution in [2.45, 2.75) is 31.5 Å². The molecule has 0 heterocycles. The van der Waals surface area contributed by atoms with E-state index < -0.39 is 30.6 Å². The Bertz CT molecular complexity index is 337. The highest BCUT2D eigenvalue weighted by Crippen LogP contribution is 2.17. The number of halogens is 3. The molecule has 0 aliphatic heterocycles. The lowest BCUT2D eigenvalue weighted by Crippen LogP contribution is -2.48. The van der Waals surface area contributed by atoms with E-state index in [0.717, 1.165) is 7.11 Å². The fourth-order valence-corrected chi connectivity index (χ4v) is 1.62. The number of alkyl halides is 3. The van der Waals surface area contributed by atoms with E-state index in [-0.39, 0.29) is 19.4 Å². The van der Waals surface area contributed by atoms with Crippen molar-refractivity contribution in [2.75, 3.05) is 33.9 Å². The summed E-state index contributed by atoms with van der Waals surface area (Å²) in [6.45, 7) is -1.47. The molecule has 0 rings (SSSR count). The zero-order valence-corrected chi connectivity index (χ0v) is 12.1. The van der Waals surface area contributed by atoms with Gasteiger partial charge in [0.1, 0.15) is 6.54 Å². The Labute approximate surface area is 121 Å². The van der Waals surface area contributed by atoms with E-state index in [1.165, 1.54) is 7.11 Å². The molecule has 0 saturated heterocycles. The van der Waals surface area contributed by atoms with Gasteiger partial charge in [-0.3, -0.25) is 9.59 Å². The summed E-state index contributed by atoms with van der Waals surface area (Å²) in [4.78, 5) is 23.5. The third kappa shape index (κ3) is 9.24. The van der Waals surface area contributed by atoms with E-state index >= 15 is 0 Å². The number of hydrogen-bond donors (Lipinski definition) is 1. The summed E-state index contributed by atoms with van der Waals surface area (Å²) in [6, 6.07) is -1.06. The van der Waals surface area contributed by atoms with Crippen molar-refractivity contribution in [2.24, 2.45) is 5.73 Å². The first kappa shape index (κ1) is 19.7. The minimum Gasteiger partial charge on any atom is -0.469 e. The second kappa shape index (κ2) is 9.56. The Morgan fingerprint density at radius 1 is 1.29 bits per heavy atom. The number of hydrogen-bond acceptors (Lipinski definition) is 5. The fraction of sp³-hybridized carbons (Fsp3) is 0.833. The molecule has 9 heteroatoms. The molecule has 0 aromatic rings. The van der Waals surface area contributed by atoms with Crippen LogP contribution >= 0.6 is 0 Å². The lowest BCUT2D eigenvalue weighted by atomic mass is 10.1. The summed E-state index contributed by atoms with van der Waals surface area (Å²) in [7, 11) is 2.59. The minimum atomic E-state index is -4.56. The van der Waals surface area contributed by atoms with Crippen LogP contribution in [-0.4, -0.2) is 62.9 Å². The van der Waals surface area contributed by atoms with Gasteiger partial charge in [-0.1, -0.05) is 0 Å². The van der Waals surface area contributed by atoms with Crippen molar-refractivity contribution in [3.63, 3.8) is 0 Å². The van der Waals surface area contributed by atoms with Crippen LogP contribution in [0.25, 0.3) is 0 Å². The molecule has 0 aliphatic rings. The minimum absolute atomic E-state index is 0.208.